The molecule has 0 saturated heterocycles. The molecule has 2 bridgehead atoms. The number of allylic oxidation sites excluding steroid dienone is 1. The number of rotatable bonds is 1. The predicted molar refractivity (Wildman–Crippen MR) is 51.9 cm³/mol. The van der Waals surface area contributed by atoms with E-state index in [1.165, 1.54) is 6.42 Å². The third-order valence-corrected chi connectivity index (χ3v) is 4.53. The SMILES string of the molecule is CC12CCC(C=C1C(N)=O)C2(C)C. The Hall–Kier alpha value is -0.790. The normalized spacial score (nSPS) is 40.5. The molecule has 0 aromatic heterocycles. The van der Waals surface area contributed by atoms with Gasteiger partial charge < -0.3 is 5.73 Å². The largest absolute Gasteiger partial charge is 0.366 e. The molecule has 2 N–H and O–H groups in total. The number of hydrogen-bond acceptors (Lipinski definition) is 1. The van der Waals surface area contributed by atoms with Crippen LogP contribution in [-0.4, -0.2) is 5.91 Å². The molecule has 0 aromatic carbocycles. The molecule has 0 aliphatic heterocycles. The fraction of sp³-hybridized carbons (Fsp3) is 0.727. The first-order chi connectivity index (χ1) is 5.89. The van der Waals surface area contributed by atoms with Crippen LogP contribution in [0.25, 0.3) is 0 Å². The van der Waals surface area contributed by atoms with Crippen molar-refractivity contribution in [3.63, 3.8) is 0 Å². The fourth-order valence-corrected chi connectivity index (χ4v) is 3.05. The number of primary amides is 1. The molecule has 2 unspecified atom stereocenters. The predicted octanol–water partition coefficient (Wildman–Crippen LogP) is 1.85. The summed E-state index contributed by atoms with van der Waals surface area (Å²) >= 11 is 0. The van der Waals surface area contributed by atoms with Crippen LogP contribution in [-0.2, 0) is 4.79 Å². The molecule has 2 atom stereocenters. The summed E-state index contributed by atoms with van der Waals surface area (Å²) in [4.78, 5) is 11.2. The van der Waals surface area contributed by atoms with Gasteiger partial charge in [0.2, 0.25) is 5.91 Å². The highest BCUT2D eigenvalue weighted by Gasteiger charge is 2.58. The quantitative estimate of drug-likeness (QED) is 0.656. The van der Waals surface area contributed by atoms with E-state index < -0.39 is 0 Å². The van der Waals surface area contributed by atoms with Gasteiger partial charge in [-0.3, -0.25) is 4.79 Å². The summed E-state index contributed by atoms with van der Waals surface area (Å²) in [6.45, 7) is 6.67. The van der Waals surface area contributed by atoms with E-state index in [1.807, 2.05) is 0 Å². The van der Waals surface area contributed by atoms with E-state index >= 15 is 0 Å². The van der Waals surface area contributed by atoms with Crippen LogP contribution in [0.15, 0.2) is 11.6 Å². The van der Waals surface area contributed by atoms with Gasteiger partial charge in [0.25, 0.3) is 0 Å². The maximum Gasteiger partial charge on any atom is 0.244 e. The van der Waals surface area contributed by atoms with E-state index in [2.05, 4.69) is 26.8 Å². The van der Waals surface area contributed by atoms with Gasteiger partial charge in [0, 0.05) is 11.0 Å². The maximum absolute atomic E-state index is 11.2. The van der Waals surface area contributed by atoms with Crippen molar-refractivity contribution in [3.05, 3.63) is 11.6 Å². The molecule has 2 heteroatoms. The zero-order chi connectivity index (χ0) is 9.85. The van der Waals surface area contributed by atoms with Gasteiger partial charge >= 0.3 is 0 Å². The summed E-state index contributed by atoms with van der Waals surface area (Å²) in [7, 11) is 0. The number of carbonyl (C=O) groups excluding carboxylic acids is 1. The Morgan fingerprint density at radius 1 is 1.54 bits per heavy atom. The monoisotopic (exact) mass is 179 g/mol. The number of fused-ring (bicyclic) bond motifs is 2. The topological polar surface area (TPSA) is 43.1 Å². The molecule has 0 heterocycles. The summed E-state index contributed by atoms with van der Waals surface area (Å²) in [6.07, 6.45) is 4.42. The van der Waals surface area contributed by atoms with Crippen molar-refractivity contribution in [2.24, 2.45) is 22.5 Å². The second-order valence-electron chi connectivity index (χ2n) is 5.14. The molecule has 1 saturated carbocycles. The van der Waals surface area contributed by atoms with Crippen LogP contribution in [0.5, 0.6) is 0 Å². The second-order valence-corrected chi connectivity index (χ2v) is 5.14. The van der Waals surface area contributed by atoms with Gasteiger partial charge in [0.1, 0.15) is 0 Å². The standard InChI is InChI=1S/C11H17NO/c1-10(2)7-4-5-11(10,3)8(6-7)9(12)13/h6-7H,4-5H2,1-3H3,(H2,12,13). The molecular formula is C11H17NO. The molecule has 13 heavy (non-hydrogen) atoms. The van der Waals surface area contributed by atoms with Crippen LogP contribution in [0, 0.1) is 16.7 Å². The molecule has 0 spiro atoms. The lowest BCUT2D eigenvalue weighted by Gasteiger charge is -2.36. The van der Waals surface area contributed by atoms with E-state index in [1.54, 1.807) is 0 Å². The highest BCUT2D eigenvalue weighted by Crippen LogP contribution is 2.64. The lowest BCUT2D eigenvalue weighted by atomic mass is 9.67. The zero-order valence-electron chi connectivity index (χ0n) is 8.55. The van der Waals surface area contributed by atoms with Crippen molar-refractivity contribution < 1.29 is 4.79 Å². The fourth-order valence-electron chi connectivity index (χ4n) is 3.05. The highest BCUT2D eigenvalue weighted by atomic mass is 16.1. The minimum Gasteiger partial charge on any atom is -0.366 e. The van der Waals surface area contributed by atoms with Gasteiger partial charge in [-0.2, -0.15) is 0 Å². The van der Waals surface area contributed by atoms with Gasteiger partial charge in [-0.25, -0.2) is 0 Å². The highest BCUT2D eigenvalue weighted by molar-refractivity contribution is 5.94. The third-order valence-electron chi connectivity index (χ3n) is 4.53. The van der Waals surface area contributed by atoms with Crippen LogP contribution >= 0.6 is 0 Å². The van der Waals surface area contributed by atoms with E-state index in [-0.39, 0.29) is 16.7 Å². The summed E-state index contributed by atoms with van der Waals surface area (Å²) in [6, 6.07) is 0. The van der Waals surface area contributed by atoms with Gasteiger partial charge in [-0.05, 0) is 24.2 Å². The first kappa shape index (κ1) is 8.79. The molecule has 0 aromatic rings. The van der Waals surface area contributed by atoms with E-state index in [0.29, 0.717) is 5.92 Å². The van der Waals surface area contributed by atoms with Crippen molar-refractivity contribution in [2.45, 2.75) is 33.6 Å². The minimum absolute atomic E-state index is 0.0312. The van der Waals surface area contributed by atoms with Gasteiger partial charge in [0.15, 0.2) is 0 Å². The van der Waals surface area contributed by atoms with Gasteiger partial charge in [-0.1, -0.05) is 26.8 Å². The van der Waals surface area contributed by atoms with Crippen LogP contribution in [0.1, 0.15) is 33.6 Å². The molecule has 2 aliphatic rings. The molecule has 1 amide bonds. The smallest absolute Gasteiger partial charge is 0.244 e. The Morgan fingerprint density at radius 2 is 2.15 bits per heavy atom. The van der Waals surface area contributed by atoms with Crippen LogP contribution in [0.3, 0.4) is 0 Å². The minimum atomic E-state index is -0.224. The molecule has 2 rings (SSSR count). The summed E-state index contributed by atoms with van der Waals surface area (Å²) < 4.78 is 0. The second kappa shape index (κ2) is 2.17. The first-order valence-corrected chi connectivity index (χ1v) is 4.92. The van der Waals surface area contributed by atoms with Crippen molar-refractivity contribution >= 4 is 5.91 Å². The Labute approximate surface area is 79.2 Å². The van der Waals surface area contributed by atoms with Crippen LogP contribution < -0.4 is 5.73 Å². The molecule has 2 aliphatic carbocycles. The lowest BCUT2D eigenvalue weighted by Crippen LogP contribution is -2.34. The first-order valence-electron chi connectivity index (χ1n) is 4.92. The number of carbonyl (C=O) groups is 1. The van der Waals surface area contributed by atoms with Gasteiger partial charge in [-0.15, -0.1) is 0 Å². The van der Waals surface area contributed by atoms with Crippen LogP contribution in [0.4, 0.5) is 0 Å². The van der Waals surface area contributed by atoms with E-state index in [9.17, 15) is 4.79 Å². The summed E-state index contributed by atoms with van der Waals surface area (Å²) in [5.41, 5.74) is 6.50. The summed E-state index contributed by atoms with van der Waals surface area (Å²) in [5, 5.41) is 0. The number of amides is 1. The van der Waals surface area contributed by atoms with Crippen molar-refractivity contribution in [2.75, 3.05) is 0 Å². The Morgan fingerprint density at radius 3 is 2.38 bits per heavy atom. The molecule has 0 radical (unpaired) electrons. The van der Waals surface area contributed by atoms with E-state index in [0.717, 1.165) is 12.0 Å². The number of hydrogen-bond donors (Lipinski definition) is 1. The average Bonchev–Trinajstić information content (AvgIpc) is 2.34. The summed E-state index contributed by atoms with van der Waals surface area (Å²) in [5.74, 6) is 0.331. The average molecular weight is 179 g/mol. The Balaban J connectivity index is 2.49. The Bertz CT molecular complexity index is 303. The maximum atomic E-state index is 11.2. The van der Waals surface area contributed by atoms with Crippen molar-refractivity contribution in [1.82, 2.24) is 0 Å². The van der Waals surface area contributed by atoms with E-state index in [4.69, 9.17) is 5.73 Å². The molecule has 2 nitrogen and oxygen atoms in total. The van der Waals surface area contributed by atoms with Gasteiger partial charge in [0.05, 0.1) is 0 Å². The Kier molecular flexibility index (Phi) is 1.47. The number of nitrogens with two attached hydrogens (primary N) is 1. The zero-order valence-corrected chi connectivity index (χ0v) is 8.55. The lowest BCUT2D eigenvalue weighted by molar-refractivity contribution is -0.116. The third kappa shape index (κ3) is 0.812. The molecule has 72 valence electrons. The molecule has 1 fully saturated rings. The molecular weight excluding hydrogens is 162 g/mol. The van der Waals surface area contributed by atoms with Crippen molar-refractivity contribution in [1.29, 1.82) is 0 Å². The van der Waals surface area contributed by atoms with Crippen LogP contribution in [0.2, 0.25) is 0 Å². The van der Waals surface area contributed by atoms with Crippen molar-refractivity contribution in [3.8, 4) is 0 Å².